The lowest BCUT2D eigenvalue weighted by Gasteiger charge is -2.42. The van der Waals surface area contributed by atoms with Gasteiger partial charge < -0.3 is 24.6 Å². The number of benzene rings is 1. The van der Waals surface area contributed by atoms with Crippen molar-refractivity contribution in [3.63, 3.8) is 0 Å². The van der Waals surface area contributed by atoms with Crippen molar-refractivity contribution in [3.05, 3.63) is 46.3 Å². The number of halogens is 1. The van der Waals surface area contributed by atoms with E-state index in [1.54, 1.807) is 43.0 Å². The molecule has 2 amide bonds. The molecule has 0 aliphatic carbocycles. The Kier molecular flexibility index (Phi) is 6.44. The molecule has 156 valence electrons. The van der Waals surface area contributed by atoms with Crippen molar-refractivity contribution in [3.8, 4) is 5.75 Å². The summed E-state index contributed by atoms with van der Waals surface area (Å²) in [5, 5.41) is 4.48. The van der Waals surface area contributed by atoms with Crippen LogP contribution in [0.15, 0.2) is 28.8 Å². The van der Waals surface area contributed by atoms with Crippen LogP contribution in [0.1, 0.15) is 23.4 Å². The first-order valence-corrected chi connectivity index (χ1v) is 9.66. The Balaban J connectivity index is 1.72. The fraction of sp³-hybridized carbons (Fsp3) is 0.450. The Morgan fingerprint density at radius 2 is 2.03 bits per heavy atom. The molecule has 9 heteroatoms. The summed E-state index contributed by atoms with van der Waals surface area (Å²) in [6.45, 7) is 4.56. The van der Waals surface area contributed by atoms with Gasteiger partial charge in [0.1, 0.15) is 23.7 Å². The summed E-state index contributed by atoms with van der Waals surface area (Å²) in [6.07, 6.45) is 0.113. The van der Waals surface area contributed by atoms with Crippen LogP contribution in [0.4, 0.5) is 0 Å². The number of hydrogen-bond acceptors (Lipinski definition) is 6. The number of hydrogen-bond donors (Lipinski definition) is 1. The third-order valence-corrected chi connectivity index (χ3v) is 5.17. The number of primary amides is 1. The Labute approximate surface area is 173 Å². The summed E-state index contributed by atoms with van der Waals surface area (Å²) in [5.74, 6) is 0.590. The minimum atomic E-state index is -1.02. The van der Waals surface area contributed by atoms with Crippen LogP contribution >= 0.6 is 11.6 Å². The molecule has 1 fully saturated rings. The highest BCUT2D eigenvalue weighted by molar-refractivity contribution is 6.30. The summed E-state index contributed by atoms with van der Waals surface area (Å²) in [6, 6.07) is 6.87. The molecule has 1 aromatic heterocycles. The van der Waals surface area contributed by atoms with Crippen molar-refractivity contribution >= 4 is 23.4 Å². The van der Waals surface area contributed by atoms with Gasteiger partial charge in [-0.15, -0.1) is 0 Å². The van der Waals surface area contributed by atoms with Gasteiger partial charge in [0.15, 0.2) is 0 Å². The highest BCUT2D eigenvalue weighted by Crippen LogP contribution is 2.26. The molecular weight excluding hydrogens is 398 g/mol. The minimum Gasteiger partial charge on any atom is -0.490 e. The SMILES string of the molecule is Cc1noc(C)c1CC(=O)N1CCO[C@](COc2ccc(Cl)cc2)(CC(N)=O)C1. The van der Waals surface area contributed by atoms with Gasteiger partial charge in [0.05, 0.1) is 31.7 Å². The van der Waals surface area contributed by atoms with Crippen molar-refractivity contribution in [2.75, 3.05) is 26.3 Å². The molecule has 0 radical (unpaired) electrons. The van der Waals surface area contributed by atoms with Crippen LogP contribution in [0, 0.1) is 13.8 Å². The molecule has 1 atom stereocenters. The van der Waals surface area contributed by atoms with Crippen molar-refractivity contribution in [1.29, 1.82) is 0 Å². The van der Waals surface area contributed by atoms with Crippen LogP contribution in [0.2, 0.25) is 5.02 Å². The number of carbonyl (C=O) groups is 2. The predicted octanol–water partition coefficient (Wildman–Crippen LogP) is 2.04. The molecule has 1 aromatic carbocycles. The third-order valence-electron chi connectivity index (χ3n) is 4.92. The van der Waals surface area contributed by atoms with Gasteiger partial charge in [0.2, 0.25) is 11.8 Å². The number of rotatable bonds is 7. The van der Waals surface area contributed by atoms with Crippen LogP contribution in [0.25, 0.3) is 0 Å². The maximum atomic E-state index is 12.9. The molecule has 0 spiro atoms. The lowest BCUT2D eigenvalue weighted by Crippen LogP contribution is -2.58. The lowest BCUT2D eigenvalue weighted by molar-refractivity contribution is -0.161. The first kappa shape index (κ1) is 21.1. The summed E-state index contributed by atoms with van der Waals surface area (Å²) in [4.78, 5) is 26.3. The number of aromatic nitrogens is 1. The van der Waals surface area contributed by atoms with Crippen molar-refractivity contribution in [2.45, 2.75) is 32.3 Å². The number of aryl methyl sites for hydroxylation is 2. The van der Waals surface area contributed by atoms with Gasteiger partial charge in [-0.2, -0.15) is 0 Å². The molecule has 2 N–H and O–H groups in total. The molecule has 0 saturated carbocycles. The van der Waals surface area contributed by atoms with E-state index in [9.17, 15) is 9.59 Å². The average Bonchev–Trinajstić information content (AvgIpc) is 2.99. The second-order valence-corrected chi connectivity index (χ2v) is 7.65. The Bertz CT molecular complexity index is 863. The highest BCUT2D eigenvalue weighted by Gasteiger charge is 2.41. The number of carbonyl (C=O) groups excluding carboxylic acids is 2. The van der Waals surface area contributed by atoms with E-state index in [0.29, 0.717) is 28.8 Å². The molecule has 2 heterocycles. The summed E-state index contributed by atoms with van der Waals surface area (Å²) in [7, 11) is 0. The van der Waals surface area contributed by atoms with Crippen molar-refractivity contribution in [1.82, 2.24) is 10.1 Å². The van der Waals surface area contributed by atoms with Gasteiger partial charge in [-0.25, -0.2) is 0 Å². The van der Waals surface area contributed by atoms with Crippen LogP contribution < -0.4 is 10.5 Å². The summed E-state index contributed by atoms with van der Waals surface area (Å²) >= 11 is 5.89. The third kappa shape index (κ3) is 5.27. The number of morpholine rings is 1. The van der Waals surface area contributed by atoms with Gasteiger partial charge in [0.25, 0.3) is 0 Å². The van der Waals surface area contributed by atoms with E-state index < -0.39 is 11.5 Å². The average molecular weight is 422 g/mol. The Morgan fingerprint density at radius 3 is 2.66 bits per heavy atom. The van der Waals surface area contributed by atoms with Crippen LogP contribution in [-0.2, 0) is 20.7 Å². The molecule has 3 rings (SSSR count). The van der Waals surface area contributed by atoms with E-state index in [1.807, 2.05) is 0 Å². The number of ether oxygens (including phenoxy) is 2. The summed E-state index contributed by atoms with van der Waals surface area (Å²) < 4.78 is 16.9. The zero-order valence-corrected chi connectivity index (χ0v) is 17.2. The van der Waals surface area contributed by atoms with Gasteiger partial charge in [0, 0.05) is 17.1 Å². The van der Waals surface area contributed by atoms with E-state index in [1.165, 1.54) is 0 Å². The van der Waals surface area contributed by atoms with Gasteiger partial charge in [-0.05, 0) is 38.1 Å². The van der Waals surface area contributed by atoms with Crippen LogP contribution in [0.3, 0.4) is 0 Å². The predicted molar refractivity (Wildman–Crippen MR) is 106 cm³/mol. The van der Waals surface area contributed by atoms with Gasteiger partial charge in [-0.3, -0.25) is 9.59 Å². The fourth-order valence-electron chi connectivity index (χ4n) is 3.38. The minimum absolute atomic E-state index is 0.0598. The second-order valence-electron chi connectivity index (χ2n) is 7.21. The van der Waals surface area contributed by atoms with E-state index in [2.05, 4.69) is 5.16 Å². The normalized spacial score (nSPS) is 19.2. The molecule has 0 unspecified atom stereocenters. The lowest BCUT2D eigenvalue weighted by atomic mass is 9.97. The summed E-state index contributed by atoms with van der Waals surface area (Å²) in [5.41, 5.74) is 5.91. The monoisotopic (exact) mass is 421 g/mol. The molecule has 0 bridgehead atoms. The van der Waals surface area contributed by atoms with Crippen molar-refractivity contribution < 1.29 is 23.6 Å². The Hall–Kier alpha value is -2.58. The smallest absolute Gasteiger partial charge is 0.227 e. The maximum absolute atomic E-state index is 12.9. The standard InChI is InChI=1S/C20H24ClN3O5/c1-13-17(14(2)29-23-13)9-19(26)24-7-8-28-20(11-24,10-18(22)25)12-27-16-5-3-15(21)4-6-16/h3-6H,7-12H2,1-2H3,(H2,22,25)/t20-/m1/s1. The topological polar surface area (TPSA) is 108 Å². The first-order valence-electron chi connectivity index (χ1n) is 9.28. The zero-order chi connectivity index (χ0) is 21.0. The van der Waals surface area contributed by atoms with Crippen LogP contribution in [0.5, 0.6) is 5.75 Å². The fourth-order valence-corrected chi connectivity index (χ4v) is 3.51. The molecular formula is C20H24ClN3O5. The molecule has 29 heavy (non-hydrogen) atoms. The Morgan fingerprint density at radius 1 is 1.31 bits per heavy atom. The van der Waals surface area contributed by atoms with Gasteiger partial charge >= 0.3 is 0 Å². The van der Waals surface area contributed by atoms with Crippen molar-refractivity contribution in [2.24, 2.45) is 5.73 Å². The first-order chi connectivity index (χ1) is 13.8. The largest absolute Gasteiger partial charge is 0.490 e. The maximum Gasteiger partial charge on any atom is 0.227 e. The van der Waals surface area contributed by atoms with E-state index in [0.717, 1.165) is 5.56 Å². The molecule has 2 aromatic rings. The zero-order valence-electron chi connectivity index (χ0n) is 16.4. The molecule has 8 nitrogen and oxygen atoms in total. The number of nitrogens with zero attached hydrogens (tertiary/aromatic N) is 2. The quantitative estimate of drug-likeness (QED) is 0.732. The molecule has 1 aliphatic rings. The van der Waals surface area contributed by atoms with Gasteiger partial charge in [-0.1, -0.05) is 16.8 Å². The molecule has 1 aliphatic heterocycles. The molecule has 1 saturated heterocycles. The number of amides is 2. The van der Waals surface area contributed by atoms with E-state index in [-0.39, 0.29) is 38.5 Å². The second kappa shape index (κ2) is 8.84. The van der Waals surface area contributed by atoms with E-state index in [4.69, 9.17) is 31.3 Å². The van der Waals surface area contributed by atoms with Crippen LogP contribution in [-0.4, -0.2) is 53.8 Å². The highest BCUT2D eigenvalue weighted by atomic mass is 35.5. The number of nitrogens with two attached hydrogens (primary N) is 1. The van der Waals surface area contributed by atoms with E-state index >= 15 is 0 Å².